The van der Waals surface area contributed by atoms with Crippen molar-refractivity contribution in [3.8, 4) is 0 Å². The molecule has 5 rings (SSSR count). The monoisotopic (exact) mass is 629 g/mol. The summed E-state index contributed by atoms with van der Waals surface area (Å²) >= 11 is 1.70. The number of carbonyl (C=O) groups is 2. The zero-order chi connectivity index (χ0) is 32.5. The number of hydrogen-bond donors (Lipinski definition) is 2. The number of nitrogens with zero attached hydrogens (tertiary/aromatic N) is 3. The lowest BCUT2D eigenvalue weighted by Gasteiger charge is -2.36. The van der Waals surface area contributed by atoms with Crippen LogP contribution >= 0.6 is 11.9 Å². The Morgan fingerprint density at radius 2 is 1.80 bits per heavy atom. The molecule has 0 spiro atoms. The molecule has 45 heavy (non-hydrogen) atoms. The molecule has 1 aliphatic rings. The van der Waals surface area contributed by atoms with Crippen LogP contribution in [0, 0.1) is 12.8 Å². The number of aromatic nitrogens is 2. The zero-order valence-electron chi connectivity index (χ0n) is 27.5. The fraction of sp³-hybridized carbons (Fsp3) is 0.417. The van der Waals surface area contributed by atoms with Gasteiger partial charge in [-0.1, -0.05) is 45.0 Å². The van der Waals surface area contributed by atoms with Crippen LogP contribution in [0.25, 0.3) is 11.0 Å². The predicted octanol–water partition coefficient (Wildman–Crippen LogP) is 7.44. The van der Waals surface area contributed by atoms with Crippen molar-refractivity contribution in [3.63, 3.8) is 0 Å². The molecule has 0 aliphatic heterocycles. The SMILES string of the molecule is CCN[C@@H]1CCC(C(=O)Nc2ccc(C(C)C)cc2)CC1c1ccc(N(C)Sc2ccc3c(c2)nc(C)n3C)cc1.COC=O. The Bertz CT molecular complexity index is 1550. The smallest absolute Gasteiger partial charge is 0.292 e. The minimum Gasteiger partial charge on any atom is -0.471 e. The van der Waals surface area contributed by atoms with E-state index < -0.39 is 0 Å². The number of carbonyl (C=O) groups excluding carboxylic acids is 2. The molecule has 1 fully saturated rings. The first-order valence-corrected chi connectivity index (χ1v) is 16.5. The second-order valence-corrected chi connectivity index (χ2v) is 13.1. The van der Waals surface area contributed by atoms with Gasteiger partial charge in [0.25, 0.3) is 6.47 Å². The number of methoxy groups -OCH3 is 1. The molecule has 1 saturated carbocycles. The topological polar surface area (TPSA) is 88.5 Å². The van der Waals surface area contributed by atoms with E-state index in [0.29, 0.717) is 24.3 Å². The number of amides is 1. The highest BCUT2D eigenvalue weighted by Crippen LogP contribution is 2.38. The lowest BCUT2D eigenvalue weighted by Crippen LogP contribution is -2.41. The molecule has 1 aliphatic carbocycles. The van der Waals surface area contributed by atoms with Gasteiger partial charge < -0.3 is 24.2 Å². The van der Waals surface area contributed by atoms with Gasteiger partial charge in [0, 0.05) is 42.3 Å². The van der Waals surface area contributed by atoms with Gasteiger partial charge in [-0.25, -0.2) is 4.98 Å². The molecule has 1 heterocycles. The molecule has 1 amide bonds. The van der Waals surface area contributed by atoms with Crippen molar-refractivity contribution in [3.05, 3.63) is 83.7 Å². The van der Waals surface area contributed by atoms with Crippen LogP contribution in [0.15, 0.2) is 71.6 Å². The number of fused-ring (bicyclic) bond motifs is 1. The number of ether oxygens (including phenoxy) is 1. The molecular weight excluding hydrogens is 582 g/mol. The molecule has 8 nitrogen and oxygen atoms in total. The van der Waals surface area contributed by atoms with Gasteiger partial charge in [-0.3, -0.25) is 9.59 Å². The predicted molar refractivity (Wildman–Crippen MR) is 186 cm³/mol. The van der Waals surface area contributed by atoms with E-state index in [2.05, 4.69) is 119 Å². The Hall–Kier alpha value is -3.82. The third-order valence-corrected chi connectivity index (χ3v) is 9.58. The lowest BCUT2D eigenvalue weighted by molar-refractivity contribution is -0.126. The highest BCUT2D eigenvalue weighted by atomic mass is 32.2. The summed E-state index contributed by atoms with van der Waals surface area (Å²) in [5, 5.41) is 6.88. The van der Waals surface area contributed by atoms with E-state index in [0.717, 1.165) is 58.9 Å². The van der Waals surface area contributed by atoms with E-state index in [1.807, 2.05) is 19.1 Å². The number of hydrogen-bond acceptors (Lipinski definition) is 7. The Kier molecular flexibility index (Phi) is 12.1. The Labute approximate surface area is 272 Å². The number of benzene rings is 3. The van der Waals surface area contributed by atoms with Crippen LogP contribution in [0.2, 0.25) is 0 Å². The molecule has 3 aromatic carbocycles. The molecule has 2 unspecified atom stereocenters. The van der Waals surface area contributed by atoms with Gasteiger partial charge in [-0.2, -0.15) is 0 Å². The van der Waals surface area contributed by atoms with E-state index in [4.69, 9.17) is 4.79 Å². The highest BCUT2D eigenvalue weighted by Gasteiger charge is 2.34. The quantitative estimate of drug-likeness (QED) is 0.139. The second kappa shape index (κ2) is 16.0. The summed E-state index contributed by atoms with van der Waals surface area (Å²) in [4.78, 5) is 28.1. The maximum absolute atomic E-state index is 13.3. The van der Waals surface area contributed by atoms with Gasteiger partial charge >= 0.3 is 0 Å². The first-order valence-electron chi connectivity index (χ1n) is 15.7. The maximum Gasteiger partial charge on any atom is 0.292 e. The standard InChI is InChI=1S/C34H43N5OS.C2H4O2/c1-7-35-31-18-12-26(34(40)37-27-13-8-24(9-14-27)22(2)3)20-30(31)25-10-15-28(16-11-25)39(6)41-29-17-19-33-32(21-29)36-23(4)38(33)5;1-4-2-3/h8-11,13-17,19,21-22,26,30-31,35H,7,12,18,20H2,1-6H3,(H,37,40);2H,1H3/t26?,30?,31-;/m1./s1. The number of nitrogens with one attached hydrogen (secondary N) is 2. The van der Waals surface area contributed by atoms with Crippen LogP contribution in [0.3, 0.4) is 0 Å². The molecule has 1 aromatic heterocycles. The molecular formula is C36H47N5O3S. The van der Waals surface area contributed by atoms with Crippen LogP contribution in [0.1, 0.15) is 68.8 Å². The average molecular weight is 630 g/mol. The number of anilines is 2. The third-order valence-electron chi connectivity index (χ3n) is 8.63. The summed E-state index contributed by atoms with van der Waals surface area (Å²) in [6.45, 7) is 9.87. The molecule has 0 radical (unpaired) electrons. The van der Waals surface area contributed by atoms with Crippen molar-refractivity contribution in [2.45, 2.75) is 69.7 Å². The number of likely N-dealkylation sites (N-methyl/N-ethyl adjacent to an activating group) is 1. The van der Waals surface area contributed by atoms with Crippen LogP contribution in [0.5, 0.6) is 0 Å². The van der Waals surface area contributed by atoms with Crippen molar-refractivity contribution >= 4 is 46.7 Å². The van der Waals surface area contributed by atoms with Gasteiger partial charge in [0.05, 0.1) is 18.1 Å². The van der Waals surface area contributed by atoms with Crippen molar-refractivity contribution in [2.75, 3.05) is 30.3 Å². The van der Waals surface area contributed by atoms with E-state index in [-0.39, 0.29) is 11.8 Å². The van der Waals surface area contributed by atoms with Crippen molar-refractivity contribution in [1.82, 2.24) is 14.9 Å². The zero-order valence-corrected chi connectivity index (χ0v) is 28.4. The first kappa shape index (κ1) is 34.1. The molecule has 2 N–H and O–H groups in total. The Morgan fingerprint density at radius 1 is 1.11 bits per heavy atom. The second-order valence-electron chi connectivity index (χ2n) is 11.9. The van der Waals surface area contributed by atoms with E-state index in [1.54, 1.807) is 11.9 Å². The largest absolute Gasteiger partial charge is 0.471 e. The summed E-state index contributed by atoms with van der Waals surface area (Å²) in [5.74, 6) is 1.93. The van der Waals surface area contributed by atoms with Crippen molar-refractivity contribution < 1.29 is 14.3 Å². The number of rotatable bonds is 10. The Morgan fingerprint density at radius 3 is 2.42 bits per heavy atom. The molecule has 0 saturated heterocycles. The summed E-state index contributed by atoms with van der Waals surface area (Å²) in [6.07, 6.45) is 2.75. The van der Waals surface area contributed by atoms with Crippen molar-refractivity contribution in [1.29, 1.82) is 0 Å². The fourth-order valence-electron chi connectivity index (χ4n) is 5.98. The van der Waals surface area contributed by atoms with E-state index >= 15 is 0 Å². The van der Waals surface area contributed by atoms with Crippen molar-refractivity contribution in [2.24, 2.45) is 13.0 Å². The fourth-order valence-corrected chi connectivity index (χ4v) is 6.81. The molecule has 3 atom stereocenters. The van der Waals surface area contributed by atoms with Crippen LogP contribution in [0.4, 0.5) is 11.4 Å². The van der Waals surface area contributed by atoms with Gasteiger partial charge in [0.15, 0.2) is 0 Å². The maximum atomic E-state index is 13.3. The van der Waals surface area contributed by atoms with Gasteiger partial charge in [-0.15, -0.1) is 0 Å². The van der Waals surface area contributed by atoms with E-state index in [9.17, 15) is 4.79 Å². The summed E-state index contributed by atoms with van der Waals surface area (Å²) in [5.41, 5.74) is 6.78. The van der Waals surface area contributed by atoms with Gasteiger partial charge in [-0.05, 0) is 110 Å². The summed E-state index contributed by atoms with van der Waals surface area (Å²) in [6, 6.07) is 24.0. The summed E-state index contributed by atoms with van der Waals surface area (Å²) in [7, 11) is 5.47. The van der Waals surface area contributed by atoms with Crippen LogP contribution in [-0.4, -0.2) is 48.7 Å². The normalized spacial score (nSPS) is 17.8. The van der Waals surface area contributed by atoms with E-state index in [1.165, 1.54) is 18.2 Å². The van der Waals surface area contributed by atoms with Crippen LogP contribution < -0.4 is 14.9 Å². The van der Waals surface area contributed by atoms with Gasteiger partial charge in [0.2, 0.25) is 5.91 Å². The summed E-state index contributed by atoms with van der Waals surface area (Å²) < 4.78 is 8.18. The average Bonchev–Trinajstić information content (AvgIpc) is 3.33. The lowest BCUT2D eigenvalue weighted by atomic mass is 9.74. The first-order chi connectivity index (χ1) is 21.6. The highest BCUT2D eigenvalue weighted by molar-refractivity contribution is 8.00. The molecule has 9 heteroatoms. The van der Waals surface area contributed by atoms with Gasteiger partial charge in [0.1, 0.15) is 5.82 Å². The minimum absolute atomic E-state index is 0.00253. The number of imidazole rings is 1. The van der Waals surface area contributed by atoms with Crippen LogP contribution in [-0.2, 0) is 21.4 Å². The third kappa shape index (κ3) is 8.67. The minimum atomic E-state index is 0.00253. The molecule has 240 valence electrons. The molecule has 4 aromatic rings. The molecule has 0 bridgehead atoms. The Balaban J connectivity index is 0.00000109. The number of aryl methyl sites for hydroxylation is 2.